The van der Waals surface area contributed by atoms with Crippen molar-refractivity contribution in [1.82, 2.24) is 25.4 Å². The Balaban J connectivity index is 1.51. The van der Waals surface area contributed by atoms with Gasteiger partial charge in [0.1, 0.15) is 11.6 Å². The molecule has 1 saturated heterocycles. The second kappa shape index (κ2) is 8.73. The number of hydrogen-bond acceptors (Lipinski definition) is 4. The quantitative estimate of drug-likeness (QED) is 0.576. The van der Waals surface area contributed by atoms with Crippen molar-refractivity contribution in [3.63, 3.8) is 0 Å². The monoisotopic (exact) mass is 442 g/mol. The van der Waals surface area contributed by atoms with Crippen molar-refractivity contribution < 1.29 is 14.0 Å². The van der Waals surface area contributed by atoms with Gasteiger partial charge in [0.25, 0.3) is 5.91 Å². The molecular weight excluding hydrogens is 423 g/mol. The second-order valence-electron chi connectivity index (χ2n) is 7.30. The lowest BCUT2D eigenvalue weighted by atomic mass is 10.0. The van der Waals surface area contributed by atoms with Gasteiger partial charge in [-0.3, -0.25) is 9.89 Å². The van der Waals surface area contributed by atoms with Crippen molar-refractivity contribution in [2.75, 3.05) is 18.4 Å². The zero-order valence-electron chi connectivity index (χ0n) is 16.6. The number of rotatable bonds is 4. The summed E-state index contributed by atoms with van der Waals surface area (Å²) in [6.45, 7) is 2.35. The van der Waals surface area contributed by atoms with Gasteiger partial charge in [-0.15, -0.1) is 0 Å². The third-order valence-corrected chi connectivity index (χ3v) is 5.37. The van der Waals surface area contributed by atoms with Crippen molar-refractivity contribution in [1.29, 1.82) is 0 Å². The number of halogens is 2. The van der Waals surface area contributed by atoms with Gasteiger partial charge >= 0.3 is 6.03 Å². The summed E-state index contributed by atoms with van der Waals surface area (Å²) in [5.74, 6) is 0.0724. The van der Waals surface area contributed by atoms with Crippen LogP contribution in [0.5, 0.6) is 0 Å². The summed E-state index contributed by atoms with van der Waals surface area (Å²) in [5.41, 5.74) is 0.898. The van der Waals surface area contributed by atoms with Crippen LogP contribution in [0.25, 0.3) is 0 Å². The highest BCUT2D eigenvalue weighted by atomic mass is 35.5. The molecule has 8 nitrogen and oxygen atoms in total. The predicted molar refractivity (Wildman–Crippen MR) is 114 cm³/mol. The van der Waals surface area contributed by atoms with Crippen LogP contribution in [0, 0.1) is 12.7 Å². The summed E-state index contributed by atoms with van der Waals surface area (Å²) in [7, 11) is 0. The number of hydrogen-bond donors (Lipinski definition) is 3. The Morgan fingerprint density at radius 2 is 1.97 bits per heavy atom. The van der Waals surface area contributed by atoms with Crippen LogP contribution >= 0.6 is 11.6 Å². The number of amides is 3. The summed E-state index contributed by atoms with van der Waals surface area (Å²) in [6.07, 6.45) is 0. The van der Waals surface area contributed by atoms with Crippen molar-refractivity contribution in [2.24, 2.45) is 0 Å². The third-order valence-electron chi connectivity index (χ3n) is 5.08. The SMILES string of the molecule is Cc1nc(C2CN(C(=O)Nc3ccc(F)c(Cl)c3)CC2NC(=O)c2ccccc2)n[nH]1. The predicted octanol–water partition coefficient (Wildman–Crippen LogP) is 3.34. The molecule has 3 aromatic rings. The standard InChI is InChI=1S/C21H20ClFN6O2/c1-12-24-19(28-27-12)15-10-29(21(31)25-14-7-8-17(23)16(22)9-14)11-18(15)26-20(30)13-5-3-2-4-6-13/h2-9,15,18H,10-11H2,1H3,(H,25,31)(H,26,30)(H,24,27,28). The number of H-pyrrole nitrogens is 1. The van der Waals surface area contributed by atoms with E-state index in [0.29, 0.717) is 29.4 Å². The van der Waals surface area contributed by atoms with Crippen LogP contribution in [0.2, 0.25) is 5.02 Å². The smallest absolute Gasteiger partial charge is 0.321 e. The molecular formula is C21H20ClFN6O2. The van der Waals surface area contributed by atoms with Crippen LogP contribution < -0.4 is 10.6 Å². The highest BCUT2D eigenvalue weighted by Crippen LogP contribution is 2.27. The number of urea groups is 1. The van der Waals surface area contributed by atoms with Crippen LogP contribution in [-0.4, -0.2) is 51.2 Å². The third kappa shape index (κ3) is 4.66. The lowest BCUT2D eigenvalue weighted by Gasteiger charge is -2.18. The number of anilines is 1. The first-order chi connectivity index (χ1) is 14.9. The Labute approximate surface area is 182 Å². The Kier molecular flexibility index (Phi) is 5.85. The molecule has 1 aliphatic heterocycles. The fraction of sp³-hybridized carbons (Fsp3) is 0.238. The number of carbonyl (C=O) groups excluding carboxylic acids is 2. The van der Waals surface area contributed by atoms with Gasteiger partial charge in [0.05, 0.1) is 17.0 Å². The fourth-order valence-corrected chi connectivity index (χ4v) is 3.70. The highest BCUT2D eigenvalue weighted by molar-refractivity contribution is 6.31. The number of aromatic amines is 1. The van der Waals surface area contributed by atoms with Gasteiger partial charge in [0.15, 0.2) is 5.82 Å². The topological polar surface area (TPSA) is 103 Å². The molecule has 0 aliphatic carbocycles. The Morgan fingerprint density at radius 3 is 2.65 bits per heavy atom. The van der Waals surface area contributed by atoms with E-state index in [1.165, 1.54) is 18.2 Å². The summed E-state index contributed by atoms with van der Waals surface area (Å²) in [4.78, 5) is 31.4. The van der Waals surface area contributed by atoms with E-state index in [1.54, 1.807) is 36.1 Å². The fourth-order valence-electron chi connectivity index (χ4n) is 3.52. The van der Waals surface area contributed by atoms with E-state index in [9.17, 15) is 14.0 Å². The highest BCUT2D eigenvalue weighted by Gasteiger charge is 2.39. The first-order valence-corrected chi connectivity index (χ1v) is 10.0. The second-order valence-corrected chi connectivity index (χ2v) is 7.70. The molecule has 2 heterocycles. The van der Waals surface area contributed by atoms with E-state index in [-0.39, 0.29) is 29.4 Å². The molecule has 10 heteroatoms. The first kappa shape index (κ1) is 20.8. The maximum absolute atomic E-state index is 13.4. The summed E-state index contributed by atoms with van der Waals surface area (Å²) in [6, 6.07) is 12.0. The van der Waals surface area contributed by atoms with Crippen LogP contribution in [0.15, 0.2) is 48.5 Å². The van der Waals surface area contributed by atoms with Gasteiger partial charge in [-0.25, -0.2) is 14.2 Å². The number of aryl methyl sites for hydroxylation is 1. The van der Waals surface area contributed by atoms with Gasteiger partial charge in [-0.05, 0) is 37.3 Å². The van der Waals surface area contributed by atoms with E-state index >= 15 is 0 Å². The minimum Gasteiger partial charge on any atom is -0.347 e. The summed E-state index contributed by atoms with van der Waals surface area (Å²) < 4.78 is 13.4. The van der Waals surface area contributed by atoms with E-state index in [2.05, 4.69) is 25.8 Å². The Bertz CT molecular complexity index is 1110. The van der Waals surface area contributed by atoms with E-state index in [4.69, 9.17) is 11.6 Å². The van der Waals surface area contributed by atoms with E-state index in [1.807, 2.05) is 6.07 Å². The molecule has 1 aromatic heterocycles. The van der Waals surface area contributed by atoms with Crippen LogP contribution in [0.1, 0.15) is 27.9 Å². The number of carbonyl (C=O) groups is 2. The number of benzene rings is 2. The Hall–Kier alpha value is -3.46. The largest absolute Gasteiger partial charge is 0.347 e. The number of likely N-dealkylation sites (tertiary alicyclic amines) is 1. The van der Waals surface area contributed by atoms with Crippen molar-refractivity contribution in [3.05, 3.63) is 76.6 Å². The molecule has 2 atom stereocenters. The maximum Gasteiger partial charge on any atom is 0.321 e. The van der Waals surface area contributed by atoms with Gasteiger partial charge in [0, 0.05) is 24.3 Å². The zero-order chi connectivity index (χ0) is 22.0. The average Bonchev–Trinajstić information content (AvgIpc) is 3.37. The number of nitrogens with one attached hydrogen (secondary N) is 3. The minimum atomic E-state index is -0.565. The summed E-state index contributed by atoms with van der Waals surface area (Å²) in [5, 5.41) is 12.6. The lowest BCUT2D eigenvalue weighted by molar-refractivity contribution is 0.0935. The molecule has 1 aliphatic rings. The zero-order valence-corrected chi connectivity index (χ0v) is 17.4. The minimum absolute atomic E-state index is 0.0821. The van der Waals surface area contributed by atoms with Crippen LogP contribution in [0.3, 0.4) is 0 Å². The molecule has 31 heavy (non-hydrogen) atoms. The Morgan fingerprint density at radius 1 is 1.19 bits per heavy atom. The number of aromatic nitrogens is 3. The molecule has 2 aromatic carbocycles. The van der Waals surface area contributed by atoms with E-state index < -0.39 is 11.8 Å². The lowest BCUT2D eigenvalue weighted by Crippen LogP contribution is -2.41. The van der Waals surface area contributed by atoms with Crippen molar-refractivity contribution in [3.8, 4) is 0 Å². The molecule has 1 fully saturated rings. The van der Waals surface area contributed by atoms with Crippen molar-refractivity contribution >= 4 is 29.2 Å². The molecule has 0 saturated carbocycles. The summed E-state index contributed by atoms with van der Waals surface area (Å²) >= 11 is 5.79. The average molecular weight is 443 g/mol. The van der Waals surface area contributed by atoms with Crippen LogP contribution in [-0.2, 0) is 0 Å². The van der Waals surface area contributed by atoms with Gasteiger partial charge in [0.2, 0.25) is 0 Å². The molecule has 160 valence electrons. The van der Waals surface area contributed by atoms with Crippen molar-refractivity contribution in [2.45, 2.75) is 18.9 Å². The molecule has 0 spiro atoms. The molecule has 2 unspecified atom stereocenters. The first-order valence-electron chi connectivity index (χ1n) is 9.66. The molecule has 4 rings (SSSR count). The van der Waals surface area contributed by atoms with Gasteiger partial charge < -0.3 is 15.5 Å². The van der Waals surface area contributed by atoms with Gasteiger partial charge in [-0.1, -0.05) is 29.8 Å². The molecule has 3 N–H and O–H groups in total. The molecule has 0 bridgehead atoms. The maximum atomic E-state index is 13.4. The molecule has 3 amide bonds. The number of nitrogens with zero attached hydrogens (tertiary/aromatic N) is 3. The normalized spacial score (nSPS) is 18.1. The van der Waals surface area contributed by atoms with Crippen LogP contribution in [0.4, 0.5) is 14.9 Å². The molecule has 0 radical (unpaired) electrons. The van der Waals surface area contributed by atoms with E-state index in [0.717, 1.165) is 0 Å². The van der Waals surface area contributed by atoms with Gasteiger partial charge in [-0.2, -0.15) is 5.10 Å².